The molecule has 0 heterocycles. The molecule has 24 heavy (non-hydrogen) atoms. The van der Waals surface area contributed by atoms with Gasteiger partial charge in [0.15, 0.2) is 8.32 Å². The summed E-state index contributed by atoms with van der Waals surface area (Å²) in [6.45, 7) is 9.41. The van der Waals surface area contributed by atoms with Crippen molar-refractivity contribution < 1.29 is 9.53 Å². The van der Waals surface area contributed by atoms with Crippen molar-refractivity contribution in [3.05, 3.63) is 0 Å². The quantitative estimate of drug-likeness (QED) is 0.692. The molecule has 0 spiro atoms. The molecule has 0 aromatic carbocycles. The van der Waals surface area contributed by atoms with Crippen molar-refractivity contribution in [2.24, 2.45) is 35.0 Å². The van der Waals surface area contributed by atoms with E-state index in [2.05, 4.69) is 26.6 Å². The number of aliphatic hydroxyl groups excluding tert-OH is 1. The van der Waals surface area contributed by atoms with Crippen molar-refractivity contribution in [1.82, 2.24) is 0 Å². The monoisotopic (exact) mass is 350 g/mol. The average Bonchev–Trinajstić information content (AvgIpc) is 2.81. The van der Waals surface area contributed by atoms with E-state index in [1.807, 2.05) is 0 Å². The predicted octanol–water partition coefficient (Wildman–Crippen LogP) is 5.22. The molecule has 0 aromatic rings. The van der Waals surface area contributed by atoms with Crippen molar-refractivity contribution in [2.75, 3.05) is 0 Å². The van der Waals surface area contributed by atoms with E-state index in [-0.39, 0.29) is 11.5 Å². The molecule has 0 aliphatic heterocycles. The summed E-state index contributed by atoms with van der Waals surface area (Å²) < 4.78 is 6.47. The lowest BCUT2D eigenvalue weighted by Gasteiger charge is -2.56. The highest BCUT2D eigenvalue weighted by Gasteiger charge is 2.56. The van der Waals surface area contributed by atoms with Crippen molar-refractivity contribution in [3.63, 3.8) is 0 Å². The lowest BCUT2D eigenvalue weighted by molar-refractivity contribution is -0.0899. The van der Waals surface area contributed by atoms with Gasteiger partial charge in [-0.1, -0.05) is 6.92 Å². The van der Waals surface area contributed by atoms with Crippen LogP contribution < -0.4 is 0 Å². The smallest absolute Gasteiger partial charge is 0.184 e. The zero-order valence-corrected chi connectivity index (χ0v) is 17.3. The summed E-state index contributed by atoms with van der Waals surface area (Å²) in [5.41, 5.74) is 0.242. The molecular weight excluding hydrogens is 312 g/mol. The average molecular weight is 351 g/mol. The Labute approximate surface area is 149 Å². The molecule has 8 unspecified atom stereocenters. The van der Waals surface area contributed by atoms with E-state index in [1.165, 1.54) is 51.4 Å². The summed E-state index contributed by atoms with van der Waals surface area (Å²) in [5, 5.41) is 10.5. The summed E-state index contributed by atoms with van der Waals surface area (Å²) in [5.74, 6) is 4.57. The number of hydrogen-bond acceptors (Lipinski definition) is 2. The molecule has 4 aliphatic carbocycles. The topological polar surface area (TPSA) is 29.5 Å². The minimum atomic E-state index is -1.40. The van der Waals surface area contributed by atoms with Crippen LogP contribution in [-0.4, -0.2) is 25.6 Å². The fourth-order valence-corrected chi connectivity index (χ4v) is 8.60. The van der Waals surface area contributed by atoms with Gasteiger partial charge >= 0.3 is 0 Å². The standard InChI is InChI=1S/C21H38O2Si/c1-21-12-11-17-16-8-6-15(23-24(2,3)4)13-14(16)5-7-18(17)19(21)9-10-20(21)22/h14-20,22H,5-13H2,1-4H3. The molecule has 4 aliphatic rings. The molecule has 4 fully saturated rings. The fourth-order valence-electron chi connectivity index (χ4n) is 7.39. The van der Waals surface area contributed by atoms with Crippen LogP contribution in [0.3, 0.4) is 0 Å². The zero-order chi connectivity index (χ0) is 17.1. The van der Waals surface area contributed by atoms with Crippen molar-refractivity contribution in [1.29, 1.82) is 0 Å². The van der Waals surface area contributed by atoms with Crippen molar-refractivity contribution in [2.45, 2.75) is 96.6 Å². The third-order valence-electron chi connectivity index (χ3n) is 8.38. The van der Waals surface area contributed by atoms with Gasteiger partial charge in [-0.25, -0.2) is 0 Å². The van der Waals surface area contributed by atoms with Crippen LogP contribution in [0.15, 0.2) is 0 Å². The molecule has 0 bridgehead atoms. The van der Waals surface area contributed by atoms with E-state index in [0.29, 0.717) is 6.10 Å². The second-order valence-electron chi connectivity index (χ2n) is 10.7. The minimum absolute atomic E-state index is 0.0259. The van der Waals surface area contributed by atoms with E-state index in [1.54, 1.807) is 0 Å². The summed E-state index contributed by atoms with van der Waals surface area (Å²) in [6.07, 6.45) is 12.4. The van der Waals surface area contributed by atoms with E-state index in [9.17, 15) is 5.11 Å². The van der Waals surface area contributed by atoms with Gasteiger partial charge in [0.05, 0.1) is 6.10 Å². The first-order chi connectivity index (χ1) is 11.3. The van der Waals surface area contributed by atoms with Gasteiger partial charge in [-0.2, -0.15) is 0 Å². The van der Waals surface area contributed by atoms with Gasteiger partial charge < -0.3 is 9.53 Å². The summed E-state index contributed by atoms with van der Waals surface area (Å²) >= 11 is 0. The molecule has 8 atom stereocenters. The Kier molecular flexibility index (Phi) is 4.45. The van der Waals surface area contributed by atoms with Crippen LogP contribution in [-0.2, 0) is 4.43 Å². The molecule has 0 radical (unpaired) electrons. The van der Waals surface area contributed by atoms with Crippen LogP contribution >= 0.6 is 0 Å². The SMILES string of the molecule is CC12CCC3C4CCC(O[Si](C)(C)C)CC4CCC3C1CCC2O. The van der Waals surface area contributed by atoms with Gasteiger partial charge in [0.1, 0.15) is 0 Å². The van der Waals surface area contributed by atoms with E-state index >= 15 is 0 Å². The van der Waals surface area contributed by atoms with Gasteiger partial charge in [-0.15, -0.1) is 0 Å². The fraction of sp³-hybridized carbons (Fsp3) is 1.00. The van der Waals surface area contributed by atoms with Gasteiger partial charge in [0.25, 0.3) is 0 Å². The molecule has 4 saturated carbocycles. The lowest BCUT2D eigenvalue weighted by Crippen LogP contribution is -2.50. The Morgan fingerprint density at radius 1 is 0.875 bits per heavy atom. The molecule has 1 N–H and O–H groups in total. The van der Waals surface area contributed by atoms with Crippen LogP contribution in [0, 0.1) is 35.0 Å². The largest absolute Gasteiger partial charge is 0.415 e. The van der Waals surface area contributed by atoms with Crippen LogP contribution in [0.25, 0.3) is 0 Å². The molecule has 3 heteroatoms. The third-order valence-corrected chi connectivity index (χ3v) is 9.42. The normalized spacial score (nSPS) is 51.6. The number of aliphatic hydroxyl groups is 1. The maximum Gasteiger partial charge on any atom is 0.184 e. The Balaban J connectivity index is 1.45. The van der Waals surface area contributed by atoms with Gasteiger partial charge in [0, 0.05) is 6.10 Å². The minimum Gasteiger partial charge on any atom is -0.415 e. The Hall–Kier alpha value is 0.137. The Bertz CT molecular complexity index is 473. The molecule has 0 aromatic heterocycles. The number of fused-ring (bicyclic) bond motifs is 5. The van der Waals surface area contributed by atoms with Crippen LogP contribution in [0.1, 0.15) is 64.7 Å². The van der Waals surface area contributed by atoms with Crippen molar-refractivity contribution in [3.8, 4) is 0 Å². The number of hydrogen-bond donors (Lipinski definition) is 1. The first kappa shape index (κ1) is 17.5. The molecule has 2 nitrogen and oxygen atoms in total. The molecule has 0 saturated heterocycles. The Morgan fingerprint density at radius 3 is 2.38 bits per heavy atom. The third kappa shape index (κ3) is 2.93. The lowest BCUT2D eigenvalue weighted by atomic mass is 9.50. The first-order valence-electron chi connectivity index (χ1n) is 10.6. The first-order valence-corrected chi connectivity index (χ1v) is 14.0. The predicted molar refractivity (Wildman–Crippen MR) is 101 cm³/mol. The Morgan fingerprint density at radius 2 is 1.62 bits per heavy atom. The van der Waals surface area contributed by atoms with Crippen molar-refractivity contribution >= 4 is 8.32 Å². The summed E-state index contributed by atoms with van der Waals surface area (Å²) in [4.78, 5) is 0. The second kappa shape index (κ2) is 6.09. The van der Waals surface area contributed by atoms with Gasteiger partial charge in [0.2, 0.25) is 0 Å². The van der Waals surface area contributed by atoms with Gasteiger partial charge in [-0.3, -0.25) is 0 Å². The van der Waals surface area contributed by atoms with E-state index < -0.39 is 8.32 Å². The molecule has 0 amide bonds. The molecular formula is C21H38O2Si. The van der Waals surface area contributed by atoms with Crippen LogP contribution in [0.2, 0.25) is 19.6 Å². The maximum atomic E-state index is 10.5. The van der Waals surface area contributed by atoms with Crippen LogP contribution in [0.5, 0.6) is 0 Å². The molecule has 4 rings (SSSR count). The highest BCUT2D eigenvalue weighted by molar-refractivity contribution is 6.69. The zero-order valence-electron chi connectivity index (χ0n) is 16.3. The highest BCUT2D eigenvalue weighted by atomic mass is 28.4. The second-order valence-corrected chi connectivity index (χ2v) is 15.2. The maximum absolute atomic E-state index is 10.5. The van der Waals surface area contributed by atoms with Gasteiger partial charge in [-0.05, 0) is 112 Å². The number of rotatable bonds is 2. The van der Waals surface area contributed by atoms with E-state index in [4.69, 9.17) is 4.43 Å². The summed E-state index contributed by atoms with van der Waals surface area (Å²) in [7, 11) is -1.40. The summed E-state index contributed by atoms with van der Waals surface area (Å²) in [6, 6.07) is 0. The van der Waals surface area contributed by atoms with Crippen LogP contribution in [0.4, 0.5) is 0 Å². The molecule has 138 valence electrons. The van der Waals surface area contributed by atoms with E-state index in [0.717, 1.165) is 36.0 Å². The highest BCUT2D eigenvalue weighted by Crippen LogP contribution is 2.62.